The lowest BCUT2D eigenvalue weighted by Crippen LogP contribution is -2.63. The zero-order valence-corrected chi connectivity index (χ0v) is 35.7. The van der Waals surface area contributed by atoms with Crippen LogP contribution in [-0.4, -0.2) is 115 Å². The number of likely N-dealkylation sites (N-methyl/N-ethyl adjacent to an activating group) is 1. The minimum absolute atomic E-state index is 0.0553. The normalized spacial score (nSPS) is 29.8. The summed E-state index contributed by atoms with van der Waals surface area (Å²) in [6.07, 6.45) is 2.76. The van der Waals surface area contributed by atoms with Crippen LogP contribution in [0.1, 0.15) is 52.5 Å². The molecule has 2 aromatic rings. The number of amides is 3. The lowest BCUT2D eigenvalue weighted by atomic mass is 9.83. The van der Waals surface area contributed by atoms with Crippen LogP contribution in [0.4, 0.5) is 10.5 Å². The molecule has 2 fully saturated rings. The van der Waals surface area contributed by atoms with Crippen LogP contribution >= 0.6 is 33.2 Å². The van der Waals surface area contributed by atoms with Gasteiger partial charge >= 0.3 is 12.1 Å². The first-order valence-corrected chi connectivity index (χ1v) is 21.3. The number of anilines is 1. The van der Waals surface area contributed by atoms with Gasteiger partial charge in [-0.3, -0.25) is 14.9 Å². The number of methoxy groups -OCH3 is 2. The van der Waals surface area contributed by atoms with Gasteiger partial charge < -0.3 is 38.6 Å². The van der Waals surface area contributed by atoms with E-state index >= 15 is 0 Å². The largest absolute Gasteiger partial charge is 0.495 e. The number of fused-ring (bicyclic) bond motifs is 5. The Balaban J connectivity index is 1.43. The number of hydrogen-bond donors (Lipinski definition) is 2. The topological polar surface area (TPSA) is 169 Å². The molecule has 3 aliphatic heterocycles. The highest BCUT2D eigenvalue weighted by Gasteiger charge is 2.64. The summed E-state index contributed by atoms with van der Waals surface area (Å²) in [6, 6.07) is 8.19. The minimum Gasteiger partial charge on any atom is -0.495 e. The average Bonchev–Trinajstić information content (AvgIpc) is 3.88. The van der Waals surface area contributed by atoms with Crippen molar-refractivity contribution in [2.24, 2.45) is 5.92 Å². The molecule has 57 heavy (non-hydrogen) atoms. The molecule has 2 N–H and O–H groups in total. The predicted molar refractivity (Wildman–Crippen MR) is 218 cm³/mol. The molecule has 4 bridgehead atoms. The monoisotopic (exact) mass is 846 g/mol. The average molecular weight is 847 g/mol. The van der Waals surface area contributed by atoms with E-state index in [0.717, 1.165) is 16.2 Å². The van der Waals surface area contributed by atoms with E-state index in [2.05, 4.69) is 10.3 Å². The van der Waals surface area contributed by atoms with Crippen molar-refractivity contribution < 1.29 is 48.0 Å². The second kappa shape index (κ2) is 18.9. The lowest BCUT2D eigenvalue weighted by Gasteiger charge is -2.42. The molecule has 14 nitrogen and oxygen atoms in total. The van der Waals surface area contributed by atoms with Gasteiger partial charge in [0, 0.05) is 51.9 Å². The van der Waals surface area contributed by atoms with Crippen molar-refractivity contribution in [3.63, 3.8) is 0 Å². The van der Waals surface area contributed by atoms with Crippen molar-refractivity contribution in [3.8, 4) is 5.75 Å². The van der Waals surface area contributed by atoms with E-state index in [-0.39, 0.29) is 30.2 Å². The minimum atomic E-state index is -1.83. The Labute approximate surface area is 346 Å². The number of halogens is 1. The Morgan fingerprint density at radius 1 is 1.25 bits per heavy atom. The maximum atomic E-state index is 14.2. The van der Waals surface area contributed by atoms with Gasteiger partial charge in [0.05, 0.1) is 25.3 Å². The van der Waals surface area contributed by atoms with Gasteiger partial charge in [-0.1, -0.05) is 59.2 Å². The molecule has 17 heteroatoms. The maximum absolute atomic E-state index is 14.2. The van der Waals surface area contributed by atoms with E-state index in [4.69, 9.17) is 35.3 Å². The van der Waals surface area contributed by atoms with E-state index in [1.54, 1.807) is 58.3 Å². The summed E-state index contributed by atoms with van der Waals surface area (Å²) >= 11 is 6.78. The Bertz CT molecular complexity index is 1870. The Hall–Kier alpha value is -3.80. The number of aromatic nitrogens is 1. The second-order valence-corrected chi connectivity index (χ2v) is 17.5. The third-order valence-corrected chi connectivity index (χ3v) is 13.4. The van der Waals surface area contributed by atoms with Crippen LogP contribution in [-0.2, 0) is 39.8 Å². The highest BCUT2D eigenvalue weighted by atomic mass is 35.5. The predicted octanol–water partition coefficient (Wildman–Crippen LogP) is 5.74. The van der Waals surface area contributed by atoms with E-state index in [1.807, 2.05) is 31.2 Å². The van der Waals surface area contributed by atoms with Crippen molar-refractivity contribution in [2.45, 2.75) is 100 Å². The van der Waals surface area contributed by atoms with Crippen molar-refractivity contribution in [1.29, 1.82) is 0 Å². The first-order valence-electron chi connectivity index (χ1n) is 18.6. The summed E-state index contributed by atoms with van der Waals surface area (Å²) in [5.41, 5.74) is -0.941. The molecule has 0 unspecified atom stereocenters. The molecule has 3 aliphatic rings. The number of alkyl carbamates (subject to hydrolysis) is 1. The molecule has 0 saturated carbocycles. The molecular formula is C40H51ClN4O10S2. The van der Waals surface area contributed by atoms with Crippen LogP contribution in [0.2, 0.25) is 5.02 Å². The standard InChI is InChI=1S/C40H51ClN4O10S2/c1-23-12-11-13-30(52-8)40(50)22-29(53-38(49)43-40)24(2)36-39(4,55-36)31(21-34(47)45(6)27-19-26(18-23)20-28(51-7)35(27)41)54-37(48)25(3)44(5)33(46)15-17-56-57-32-14-9-10-16-42-32/h9-14,16,19-20,24-25,29-31,36,50H,15,17-18,21-22H2,1-8H3,(H,43,49)/b13-11+,23-12+/t24-,25-,29+,30-,31-,36+,39-,40+/m1/s1. The van der Waals surface area contributed by atoms with E-state index in [9.17, 15) is 24.3 Å². The quantitative estimate of drug-likeness (QED) is 0.129. The Morgan fingerprint density at radius 3 is 2.68 bits per heavy atom. The zero-order chi connectivity index (χ0) is 41.7. The molecule has 2 saturated heterocycles. The number of nitrogens with one attached hydrogen (secondary N) is 1. The SMILES string of the molecule is COc1cc2cc(c1Cl)N(C)C(=O)C[C@@H](OC(=O)[C@@H](C)N(C)C(=O)CCSSc1ccccn1)[C@@]1(C)O[C@H]1[C@H](C)[C@@H]1C[C@@](O)(NC(=O)O1)[C@H](OC)/C=C/C=C(\C)C2. The van der Waals surface area contributed by atoms with Gasteiger partial charge in [-0.2, -0.15) is 0 Å². The summed E-state index contributed by atoms with van der Waals surface area (Å²) in [5, 5.41) is 15.3. The van der Waals surface area contributed by atoms with Crippen molar-refractivity contribution in [1.82, 2.24) is 15.2 Å². The lowest BCUT2D eigenvalue weighted by molar-refractivity contribution is -0.162. The van der Waals surface area contributed by atoms with Gasteiger partial charge in [0.15, 0.2) is 5.72 Å². The van der Waals surface area contributed by atoms with Crippen LogP contribution in [0, 0.1) is 5.92 Å². The van der Waals surface area contributed by atoms with E-state index in [1.165, 1.54) is 52.7 Å². The molecule has 0 aliphatic carbocycles. The van der Waals surface area contributed by atoms with Crippen LogP contribution in [0.15, 0.2) is 65.4 Å². The van der Waals surface area contributed by atoms with E-state index < -0.39 is 65.7 Å². The van der Waals surface area contributed by atoms with Crippen molar-refractivity contribution in [3.05, 3.63) is 70.9 Å². The first kappa shape index (κ1) is 44.3. The Morgan fingerprint density at radius 2 is 2.00 bits per heavy atom. The number of ether oxygens (including phenoxy) is 5. The molecule has 1 aromatic heterocycles. The molecule has 310 valence electrons. The third-order valence-electron chi connectivity index (χ3n) is 10.7. The van der Waals surface area contributed by atoms with Crippen LogP contribution in [0.5, 0.6) is 5.75 Å². The summed E-state index contributed by atoms with van der Waals surface area (Å²) in [4.78, 5) is 61.1. The van der Waals surface area contributed by atoms with Gasteiger partial charge in [0.2, 0.25) is 11.8 Å². The van der Waals surface area contributed by atoms with Crippen LogP contribution in [0.25, 0.3) is 0 Å². The number of carbonyl (C=O) groups is 4. The molecule has 3 amide bonds. The molecule has 5 rings (SSSR count). The number of nitrogens with zero attached hydrogens (tertiary/aromatic N) is 3. The van der Waals surface area contributed by atoms with Gasteiger partial charge in [-0.05, 0) is 67.8 Å². The smallest absolute Gasteiger partial charge is 0.409 e. The van der Waals surface area contributed by atoms with Crippen LogP contribution < -0.4 is 15.0 Å². The maximum Gasteiger partial charge on any atom is 0.409 e. The van der Waals surface area contributed by atoms with Gasteiger partial charge in [-0.15, -0.1) is 0 Å². The molecular weight excluding hydrogens is 796 g/mol. The summed E-state index contributed by atoms with van der Waals surface area (Å²) in [5.74, 6) is -1.11. The van der Waals surface area contributed by atoms with Crippen molar-refractivity contribution >= 4 is 62.8 Å². The van der Waals surface area contributed by atoms with Crippen LogP contribution in [0.3, 0.4) is 0 Å². The Kier molecular flexibility index (Phi) is 14.7. The van der Waals surface area contributed by atoms with Gasteiger partial charge in [-0.25, -0.2) is 14.6 Å². The number of pyridine rings is 1. The fourth-order valence-corrected chi connectivity index (χ4v) is 9.19. The van der Waals surface area contributed by atoms with Gasteiger partial charge in [0.1, 0.15) is 45.8 Å². The zero-order valence-electron chi connectivity index (χ0n) is 33.4. The van der Waals surface area contributed by atoms with Gasteiger partial charge in [0.25, 0.3) is 0 Å². The first-order chi connectivity index (χ1) is 27.0. The molecule has 4 heterocycles. The summed E-state index contributed by atoms with van der Waals surface area (Å²) in [7, 11) is 8.97. The number of rotatable bonds is 10. The molecule has 0 radical (unpaired) electrons. The number of carbonyl (C=O) groups excluding carboxylic acids is 4. The fourth-order valence-electron chi connectivity index (χ4n) is 7.02. The number of epoxide rings is 1. The summed E-state index contributed by atoms with van der Waals surface area (Å²) < 4.78 is 29.3. The summed E-state index contributed by atoms with van der Waals surface area (Å²) in [6.45, 7) is 7.01. The highest BCUT2D eigenvalue weighted by molar-refractivity contribution is 8.76. The van der Waals surface area contributed by atoms with E-state index in [0.29, 0.717) is 23.6 Å². The molecule has 0 spiro atoms. The number of hydrogen-bond acceptors (Lipinski definition) is 13. The molecule has 1 aromatic carbocycles. The number of esters is 1. The molecule has 8 atom stereocenters. The number of allylic oxidation sites excluding steroid dienone is 3. The third kappa shape index (κ3) is 10.4. The number of aliphatic hydroxyl groups is 1. The van der Waals surface area contributed by atoms with Crippen molar-refractivity contribution in [2.75, 3.05) is 39.0 Å². The fraction of sp³-hybridized carbons (Fsp3) is 0.525. The highest BCUT2D eigenvalue weighted by Crippen LogP contribution is 2.49. The second-order valence-electron chi connectivity index (χ2n) is 14.7. The number of benzene rings is 1.